The van der Waals surface area contributed by atoms with Crippen molar-refractivity contribution in [2.75, 3.05) is 7.11 Å². The molecule has 1 heterocycles. The second-order valence-electron chi connectivity index (χ2n) is 4.36. The van der Waals surface area contributed by atoms with Crippen molar-refractivity contribution in [2.45, 2.75) is 13.0 Å². The molecule has 2 aromatic rings. The van der Waals surface area contributed by atoms with Gasteiger partial charge in [-0.05, 0) is 30.2 Å². The summed E-state index contributed by atoms with van der Waals surface area (Å²) in [7, 11) is 1.34. The number of methoxy groups -OCH3 is 1. The minimum absolute atomic E-state index is 0.0336. The van der Waals surface area contributed by atoms with Crippen molar-refractivity contribution in [3.05, 3.63) is 64.1 Å². The Kier molecular flexibility index (Phi) is 4.20. The summed E-state index contributed by atoms with van der Waals surface area (Å²) < 4.78 is 6.15. The number of aromatic hydroxyl groups is 1. The van der Waals surface area contributed by atoms with Crippen LogP contribution in [-0.2, 0) is 17.7 Å². The van der Waals surface area contributed by atoms with E-state index in [2.05, 4.69) is 4.74 Å². The molecule has 0 radical (unpaired) electrons. The summed E-state index contributed by atoms with van der Waals surface area (Å²) in [5, 5.41) is 9.17. The number of esters is 1. The van der Waals surface area contributed by atoms with Gasteiger partial charge in [0.15, 0.2) is 0 Å². The summed E-state index contributed by atoms with van der Waals surface area (Å²) in [6, 6.07) is 9.71. The maximum absolute atomic E-state index is 11.6. The number of pyridine rings is 1. The molecular weight excluding hydrogens is 258 g/mol. The molecule has 20 heavy (non-hydrogen) atoms. The topological polar surface area (TPSA) is 68.5 Å². The third-order valence-corrected chi connectivity index (χ3v) is 3.00. The van der Waals surface area contributed by atoms with E-state index in [9.17, 15) is 14.7 Å². The van der Waals surface area contributed by atoms with E-state index >= 15 is 0 Å². The highest BCUT2D eigenvalue weighted by molar-refractivity contribution is 5.89. The van der Waals surface area contributed by atoms with E-state index in [0.29, 0.717) is 18.5 Å². The number of aromatic nitrogens is 1. The highest BCUT2D eigenvalue weighted by atomic mass is 16.5. The first kappa shape index (κ1) is 13.9. The number of hydrogen-bond donors (Lipinski definition) is 1. The molecule has 5 heteroatoms. The molecule has 0 aliphatic rings. The van der Waals surface area contributed by atoms with Crippen LogP contribution in [0.5, 0.6) is 5.75 Å². The first-order valence-electron chi connectivity index (χ1n) is 6.17. The fourth-order valence-corrected chi connectivity index (χ4v) is 1.86. The zero-order valence-corrected chi connectivity index (χ0v) is 11.1. The summed E-state index contributed by atoms with van der Waals surface area (Å²) in [5.41, 5.74) is 1.27. The van der Waals surface area contributed by atoms with Crippen molar-refractivity contribution in [3.63, 3.8) is 0 Å². The molecule has 1 aromatic carbocycles. The van der Waals surface area contributed by atoms with Crippen molar-refractivity contribution in [1.82, 2.24) is 4.57 Å². The Morgan fingerprint density at radius 3 is 2.55 bits per heavy atom. The maximum Gasteiger partial charge on any atom is 0.337 e. The average molecular weight is 273 g/mol. The van der Waals surface area contributed by atoms with E-state index < -0.39 is 0 Å². The Balaban J connectivity index is 2.04. The summed E-state index contributed by atoms with van der Waals surface area (Å²) in [4.78, 5) is 22.9. The monoisotopic (exact) mass is 273 g/mol. The van der Waals surface area contributed by atoms with Gasteiger partial charge in [-0.2, -0.15) is 0 Å². The predicted molar refractivity (Wildman–Crippen MR) is 73.9 cm³/mol. The SMILES string of the molecule is COC(=O)c1ccc(CCn2ccc(O)cc2=O)cc1. The molecule has 0 saturated heterocycles. The van der Waals surface area contributed by atoms with Gasteiger partial charge in [0, 0.05) is 18.8 Å². The molecule has 1 N–H and O–H groups in total. The Labute approximate surface area is 116 Å². The molecule has 0 amide bonds. The number of carbonyl (C=O) groups excluding carboxylic acids is 1. The van der Waals surface area contributed by atoms with Gasteiger partial charge in [-0.1, -0.05) is 12.1 Å². The molecule has 0 bridgehead atoms. The second-order valence-corrected chi connectivity index (χ2v) is 4.36. The lowest BCUT2D eigenvalue weighted by molar-refractivity contribution is 0.0600. The number of benzene rings is 1. The molecule has 0 unspecified atom stereocenters. The standard InChI is InChI=1S/C15H15NO4/c1-20-15(19)12-4-2-11(3-5-12)6-8-16-9-7-13(17)10-14(16)18/h2-5,7,9-10,17H,6,8H2,1H3. The number of ether oxygens (including phenoxy) is 1. The molecule has 0 spiro atoms. The second kappa shape index (κ2) is 6.06. The molecule has 2 rings (SSSR count). The largest absolute Gasteiger partial charge is 0.508 e. The summed E-state index contributed by atoms with van der Waals surface area (Å²) in [6.07, 6.45) is 2.21. The highest BCUT2D eigenvalue weighted by Crippen LogP contribution is 2.08. The minimum Gasteiger partial charge on any atom is -0.508 e. The van der Waals surface area contributed by atoms with Gasteiger partial charge in [-0.25, -0.2) is 4.79 Å². The first-order chi connectivity index (χ1) is 9.60. The van der Waals surface area contributed by atoms with Gasteiger partial charge < -0.3 is 14.4 Å². The number of rotatable bonds is 4. The fraction of sp³-hybridized carbons (Fsp3) is 0.200. The van der Waals surface area contributed by atoms with Crippen LogP contribution in [0, 0.1) is 0 Å². The maximum atomic E-state index is 11.6. The Hall–Kier alpha value is -2.56. The van der Waals surface area contributed by atoms with Crippen LogP contribution in [0.4, 0.5) is 0 Å². The van der Waals surface area contributed by atoms with Gasteiger partial charge in [0.25, 0.3) is 5.56 Å². The summed E-state index contributed by atoms with van der Waals surface area (Å²) in [6.45, 7) is 0.511. The molecule has 0 aliphatic heterocycles. The first-order valence-corrected chi connectivity index (χ1v) is 6.17. The van der Waals surface area contributed by atoms with Crippen LogP contribution in [0.15, 0.2) is 47.4 Å². The number of nitrogens with zero attached hydrogens (tertiary/aromatic N) is 1. The predicted octanol–water partition coefficient (Wildman–Crippen LogP) is 1.58. The molecule has 0 atom stereocenters. The normalized spacial score (nSPS) is 10.2. The van der Waals surface area contributed by atoms with Gasteiger partial charge >= 0.3 is 5.97 Å². The van der Waals surface area contributed by atoms with E-state index in [0.717, 1.165) is 5.56 Å². The highest BCUT2D eigenvalue weighted by Gasteiger charge is 2.04. The molecule has 0 aliphatic carbocycles. The van der Waals surface area contributed by atoms with Crippen LogP contribution in [0.25, 0.3) is 0 Å². The fourth-order valence-electron chi connectivity index (χ4n) is 1.86. The van der Waals surface area contributed by atoms with Crippen molar-refractivity contribution >= 4 is 5.97 Å². The number of hydrogen-bond acceptors (Lipinski definition) is 4. The third-order valence-electron chi connectivity index (χ3n) is 3.00. The molecule has 104 valence electrons. The van der Waals surface area contributed by atoms with Gasteiger partial charge in [-0.15, -0.1) is 0 Å². The summed E-state index contributed by atoms with van der Waals surface area (Å²) in [5.74, 6) is -0.403. The van der Waals surface area contributed by atoms with Crippen LogP contribution in [-0.4, -0.2) is 22.8 Å². The molecular formula is C15H15NO4. The van der Waals surface area contributed by atoms with E-state index in [1.54, 1.807) is 18.3 Å². The van der Waals surface area contributed by atoms with Crippen molar-refractivity contribution in [1.29, 1.82) is 0 Å². The van der Waals surface area contributed by atoms with Crippen molar-refractivity contribution in [3.8, 4) is 5.75 Å². The van der Waals surface area contributed by atoms with Gasteiger partial charge in [0.2, 0.25) is 0 Å². The minimum atomic E-state index is -0.369. The quantitative estimate of drug-likeness (QED) is 0.859. The van der Waals surface area contributed by atoms with Crippen LogP contribution < -0.4 is 5.56 Å². The molecule has 5 nitrogen and oxygen atoms in total. The zero-order chi connectivity index (χ0) is 14.5. The van der Waals surface area contributed by atoms with Crippen LogP contribution in [0.3, 0.4) is 0 Å². The van der Waals surface area contributed by atoms with Gasteiger partial charge in [-0.3, -0.25) is 4.79 Å². The van der Waals surface area contributed by atoms with E-state index in [4.69, 9.17) is 0 Å². The Bertz CT molecular complexity index is 658. The van der Waals surface area contributed by atoms with Crippen molar-refractivity contribution < 1.29 is 14.6 Å². The lowest BCUT2D eigenvalue weighted by atomic mass is 10.1. The molecule has 1 aromatic heterocycles. The van der Waals surface area contributed by atoms with E-state index in [1.165, 1.54) is 23.8 Å². The van der Waals surface area contributed by atoms with E-state index in [-0.39, 0.29) is 17.3 Å². The van der Waals surface area contributed by atoms with E-state index in [1.807, 2.05) is 12.1 Å². The van der Waals surface area contributed by atoms with Gasteiger partial charge in [0.1, 0.15) is 5.75 Å². The van der Waals surface area contributed by atoms with Crippen LogP contribution in [0.1, 0.15) is 15.9 Å². The third kappa shape index (κ3) is 3.26. The Morgan fingerprint density at radius 2 is 1.95 bits per heavy atom. The van der Waals surface area contributed by atoms with Crippen LogP contribution >= 0.6 is 0 Å². The molecule has 0 fully saturated rings. The summed E-state index contributed by atoms with van der Waals surface area (Å²) >= 11 is 0. The number of carbonyl (C=O) groups is 1. The lowest BCUT2D eigenvalue weighted by Gasteiger charge is -2.06. The smallest absolute Gasteiger partial charge is 0.337 e. The average Bonchev–Trinajstić information content (AvgIpc) is 2.46. The molecule has 0 saturated carbocycles. The van der Waals surface area contributed by atoms with Gasteiger partial charge in [0.05, 0.1) is 12.7 Å². The van der Waals surface area contributed by atoms with Crippen LogP contribution in [0.2, 0.25) is 0 Å². The lowest BCUT2D eigenvalue weighted by Crippen LogP contribution is -2.19. The Morgan fingerprint density at radius 1 is 1.25 bits per heavy atom. The zero-order valence-electron chi connectivity index (χ0n) is 11.1. The van der Waals surface area contributed by atoms with Crippen molar-refractivity contribution in [2.24, 2.45) is 0 Å². The number of aryl methyl sites for hydroxylation is 2.